The van der Waals surface area contributed by atoms with E-state index in [1.807, 2.05) is 13.0 Å². The van der Waals surface area contributed by atoms with E-state index in [0.717, 1.165) is 12.8 Å². The van der Waals surface area contributed by atoms with Crippen LogP contribution in [0.15, 0.2) is 33.6 Å². The molecule has 1 fully saturated rings. The normalized spacial score (nSPS) is 20.4. The molecule has 1 saturated heterocycles. The first-order valence-corrected chi connectivity index (χ1v) is 8.98. The number of piperidine rings is 1. The molecule has 1 atom stereocenters. The van der Waals surface area contributed by atoms with Crippen molar-refractivity contribution in [1.82, 2.24) is 4.31 Å². The highest BCUT2D eigenvalue weighted by molar-refractivity contribution is 9.10. The van der Waals surface area contributed by atoms with Crippen LogP contribution in [-0.2, 0) is 10.0 Å². The van der Waals surface area contributed by atoms with Crippen molar-refractivity contribution in [2.75, 3.05) is 13.1 Å². The first-order valence-electron chi connectivity index (χ1n) is 6.31. The average Bonchev–Trinajstić information content (AvgIpc) is 2.39. The van der Waals surface area contributed by atoms with Crippen molar-refractivity contribution >= 4 is 37.6 Å². The highest BCUT2D eigenvalue weighted by Gasteiger charge is 2.31. The summed E-state index contributed by atoms with van der Waals surface area (Å²) in [6.45, 7) is 3.07. The number of hydrogen-bond donors (Lipinski definition) is 0. The van der Waals surface area contributed by atoms with E-state index in [4.69, 9.17) is 11.6 Å². The van der Waals surface area contributed by atoms with E-state index in [0.29, 0.717) is 28.4 Å². The Hall–Kier alpha value is -0.100. The molecule has 0 radical (unpaired) electrons. The molecule has 19 heavy (non-hydrogen) atoms. The zero-order valence-electron chi connectivity index (χ0n) is 10.7. The van der Waals surface area contributed by atoms with Crippen LogP contribution >= 0.6 is 27.5 Å². The summed E-state index contributed by atoms with van der Waals surface area (Å²) in [6, 6.07) is 6.94. The number of halogens is 2. The second-order valence-corrected chi connectivity index (χ2v) is 8.30. The van der Waals surface area contributed by atoms with Crippen molar-refractivity contribution in [1.29, 1.82) is 0 Å². The maximum absolute atomic E-state index is 12.5. The molecule has 2 rings (SSSR count). The lowest BCUT2D eigenvalue weighted by atomic mass is 9.95. The quantitative estimate of drug-likeness (QED) is 0.768. The third kappa shape index (κ3) is 3.32. The lowest BCUT2D eigenvalue weighted by molar-refractivity contribution is 0.271. The lowest BCUT2D eigenvalue weighted by Gasteiger charge is -2.32. The summed E-state index contributed by atoms with van der Waals surface area (Å²) in [5.74, 6) is 0.410. The fourth-order valence-electron chi connectivity index (χ4n) is 2.37. The number of nitrogens with zero attached hydrogens (tertiary/aromatic N) is 1. The van der Waals surface area contributed by atoms with Gasteiger partial charge >= 0.3 is 0 Å². The molecule has 0 spiro atoms. The van der Waals surface area contributed by atoms with Crippen molar-refractivity contribution in [2.45, 2.75) is 30.0 Å². The number of sulfonamides is 1. The third-order valence-corrected chi connectivity index (χ3v) is 6.87. The molecule has 0 aromatic heterocycles. The van der Waals surface area contributed by atoms with Gasteiger partial charge in [0.2, 0.25) is 10.0 Å². The summed E-state index contributed by atoms with van der Waals surface area (Å²) in [6.07, 6.45) is 1.66. The average molecular weight is 367 g/mol. The molecule has 106 valence electrons. The minimum Gasteiger partial charge on any atom is -0.207 e. The monoisotopic (exact) mass is 365 g/mol. The molecule has 0 aliphatic carbocycles. The van der Waals surface area contributed by atoms with Crippen molar-refractivity contribution in [3.63, 3.8) is 0 Å². The Morgan fingerprint density at radius 3 is 2.42 bits per heavy atom. The summed E-state index contributed by atoms with van der Waals surface area (Å²) >= 11 is 9.39. The van der Waals surface area contributed by atoms with Gasteiger partial charge in [0.15, 0.2) is 0 Å². The molecule has 3 nitrogen and oxygen atoms in total. The fourth-order valence-corrected chi connectivity index (χ4v) is 5.05. The van der Waals surface area contributed by atoms with E-state index in [1.165, 1.54) is 0 Å². The SMILES string of the molecule is CC(Cl)C1CCN(S(=O)(=O)c2ccccc2Br)CC1. The Morgan fingerprint density at radius 2 is 1.89 bits per heavy atom. The Kier molecular flexibility index (Phi) is 4.93. The molecule has 1 heterocycles. The first-order chi connectivity index (χ1) is 8.93. The second-order valence-electron chi connectivity index (χ2n) is 4.85. The van der Waals surface area contributed by atoms with E-state index >= 15 is 0 Å². The van der Waals surface area contributed by atoms with Gasteiger partial charge in [-0.05, 0) is 53.7 Å². The Morgan fingerprint density at radius 1 is 1.32 bits per heavy atom. The van der Waals surface area contributed by atoms with Crippen LogP contribution < -0.4 is 0 Å². The minimum atomic E-state index is -3.40. The predicted octanol–water partition coefficient (Wildman–Crippen LogP) is 3.48. The van der Waals surface area contributed by atoms with E-state index in [1.54, 1.807) is 22.5 Å². The summed E-state index contributed by atoms with van der Waals surface area (Å²) in [5.41, 5.74) is 0. The third-order valence-electron chi connectivity index (χ3n) is 3.60. The zero-order chi connectivity index (χ0) is 14.0. The highest BCUT2D eigenvalue weighted by Crippen LogP contribution is 2.30. The molecular weight excluding hydrogens is 350 g/mol. The second kappa shape index (κ2) is 6.12. The van der Waals surface area contributed by atoms with Gasteiger partial charge in [-0.1, -0.05) is 12.1 Å². The summed E-state index contributed by atoms with van der Waals surface area (Å²) < 4.78 is 27.3. The van der Waals surface area contributed by atoms with Gasteiger partial charge in [0.25, 0.3) is 0 Å². The van der Waals surface area contributed by atoms with Gasteiger partial charge < -0.3 is 0 Å². The van der Waals surface area contributed by atoms with E-state index < -0.39 is 10.0 Å². The van der Waals surface area contributed by atoms with Crippen LogP contribution in [0.1, 0.15) is 19.8 Å². The largest absolute Gasteiger partial charge is 0.244 e. The molecule has 1 aliphatic heterocycles. The Bertz CT molecular complexity index is 539. The van der Waals surface area contributed by atoms with Gasteiger partial charge in [-0.15, -0.1) is 11.6 Å². The Labute approximate surface area is 128 Å². The van der Waals surface area contributed by atoms with Gasteiger partial charge in [0.05, 0.1) is 4.90 Å². The van der Waals surface area contributed by atoms with Crippen LogP contribution in [0.4, 0.5) is 0 Å². The van der Waals surface area contributed by atoms with Crippen LogP contribution in [0.25, 0.3) is 0 Å². The summed E-state index contributed by atoms with van der Waals surface area (Å²) in [4.78, 5) is 0.340. The maximum atomic E-state index is 12.5. The van der Waals surface area contributed by atoms with E-state index in [9.17, 15) is 8.42 Å². The standard InChI is InChI=1S/C13H17BrClNO2S/c1-10(15)11-6-8-16(9-7-11)19(17,18)13-5-3-2-4-12(13)14/h2-5,10-11H,6-9H2,1H3. The summed E-state index contributed by atoms with van der Waals surface area (Å²) in [7, 11) is -3.40. The number of benzene rings is 1. The van der Waals surface area contributed by atoms with Gasteiger partial charge in [0.1, 0.15) is 0 Å². The van der Waals surface area contributed by atoms with Gasteiger partial charge in [-0.2, -0.15) is 4.31 Å². The molecule has 1 aromatic rings. The van der Waals surface area contributed by atoms with Crippen LogP contribution in [0, 0.1) is 5.92 Å². The van der Waals surface area contributed by atoms with Crippen molar-refractivity contribution < 1.29 is 8.42 Å². The number of rotatable bonds is 3. The lowest BCUT2D eigenvalue weighted by Crippen LogP contribution is -2.40. The highest BCUT2D eigenvalue weighted by atomic mass is 79.9. The molecule has 1 unspecified atom stereocenters. The summed E-state index contributed by atoms with van der Waals surface area (Å²) in [5, 5.41) is 0.105. The van der Waals surface area contributed by atoms with E-state index in [-0.39, 0.29) is 5.38 Å². The van der Waals surface area contributed by atoms with Crippen LogP contribution in [-0.4, -0.2) is 31.2 Å². The van der Waals surface area contributed by atoms with Crippen LogP contribution in [0.3, 0.4) is 0 Å². The molecule has 1 aliphatic rings. The molecular formula is C13H17BrClNO2S. The molecule has 0 N–H and O–H groups in total. The molecule has 0 saturated carbocycles. The zero-order valence-corrected chi connectivity index (χ0v) is 13.9. The molecule has 6 heteroatoms. The minimum absolute atomic E-state index is 0.105. The topological polar surface area (TPSA) is 37.4 Å². The smallest absolute Gasteiger partial charge is 0.207 e. The molecule has 0 bridgehead atoms. The first kappa shape index (κ1) is 15.3. The van der Waals surface area contributed by atoms with Gasteiger partial charge in [0, 0.05) is 22.9 Å². The van der Waals surface area contributed by atoms with Gasteiger partial charge in [-0.3, -0.25) is 0 Å². The van der Waals surface area contributed by atoms with Crippen molar-refractivity contribution in [3.8, 4) is 0 Å². The van der Waals surface area contributed by atoms with Crippen molar-refractivity contribution in [2.24, 2.45) is 5.92 Å². The van der Waals surface area contributed by atoms with E-state index in [2.05, 4.69) is 15.9 Å². The Balaban J connectivity index is 2.17. The fraction of sp³-hybridized carbons (Fsp3) is 0.538. The predicted molar refractivity (Wildman–Crippen MR) is 80.9 cm³/mol. The van der Waals surface area contributed by atoms with Crippen LogP contribution in [0.2, 0.25) is 0 Å². The van der Waals surface area contributed by atoms with Crippen molar-refractivity contribution in [3.05, 3.63) is 28.7 Å². The van der Waals surface area contributed by atoms with Gasteiger partial charge in [-0.25, -0.2) is 8.42 Å². The van der Waals surface area contributed by atoms with Crippen LogP contribution in [0.5, 0.6) is 0 Å². The number of alkyl halides is 1. The molecule has 0 amide bonds. The molecule has 1 aromatic carbocycles. The maximum Gasteiger partial charge on any atom is 0.244 e. The number of hydrogen-bond acceptors (Lipinski definition) is 2.